The van der Waals surface area contributed by atoms with Crippen molar-refractivity contribution in [3.8, 4) is 0 Å². The highest BCUT2D eigenvalue weighted by Crippen LogP contribution is 2.31. The summed E-state index contributed by atoms with van der Waals surface area (Å²) in [4.78, 5) is 37.0. The summed E-state index contributed by atoms with van der Waals surface area (Å²) in [6.45, 7) is 3.99. The van der Waals surface area contributed by atoms with E-state index in [0.717, 1.165) is 0 Å². The van der Waals surface area contributed by atoms with E-state index >= 15 is 0 Å². The second-order valence-electron chi connectivity index (χ2n) is 7.11. The fourth-order valence-electron chi connectivity index (χ4n) is 3.41. The molecule has 2 aliphatic heterocycles. The van der Waals surface area contributed by atoms with E-state index in [1.807, 2.05) is 13.8 Å². The minimum Gasteiger partial charge on any atom is -0.615 e. The quantitative estimate of drug-likeness (QED) is 0.549. The van der Waals surface area contributed by atoms with Crippen molar-refractivity contribution in [2.75, 3.05) is 5.75 Å². The topological polar surface area (TPSA) is 130 Å². The van der Waals surface area contributed by atoms with Crippen LogP contribution in [0, 0.1) is 5.92 Å². The standard InChI is InChI=1S/C16H26N2O6S/c1-9(2)6-7-11(15(20)21)17-10-4-3-5-13-18(14(10)19)12(16(22)23)8-25(13)24/h9-13,17H,3-8H2,1-2H3,(H,20,21)(H,22,23)/t10-,11?,12-,13+,25?/m0/s1. The first-order valence-electron chi connectivity index (χ1n) is 8.63. The Morgan fingerprint density at radius 3 is 2.56 bits per heavy atom. The van der Waals surface area contributed by atoms with Gasteiger partial charge in [0.15, 0.2) is 11.4 Å². The second kappa shape index (κ2) is 8.37. The minimum absolute atomic E-state index is 0.0613. The first-order chi connectivity index (χ1) is 11.7. The first kappa shape index (κ1) is 20.0. The lowest BCUT2D eigenvalue weighted by molar-refractivity contribution is -0.150. The van der Waals surface area contributed by atoms with Gasteiger partial charge in [-0.3, -0.25) is 19.8 Å². The van der Waals surface area contributed by atoms with Crippen LogP contribution in [0.3, 0.4) is 0 Å². The highest BCUT2D eigenvalue weighted by molar-refractivity contribution is 7.92. The third-order valence-corrected chi connectivity index (χ3v) is 6.50. The molecule has 2 aliphatic rings. The van der Waals surface area contributed by atoms with Crippen LogP contribution in [0.2, 0.25) is 0 Å². The van der Waals surface area contributed by atoms with Crippen LogP contribution in [0.15, 0.2) is 0 Å². The lowest BCUT2D eigenvalue weighted by Gasteiger charge is -2.28. The van der Waals surface area contributed by atoms with Crippen molar-refractivity contribution in [1.29, 1.82) is 0 Å². The summed E-state index contributed by atoms with van der Waals surface area (Å²) in [5.41, 5.74) is 0. The van der Waals surface area contributed by atoms with E-state index in [0.29, 0.717) is 38.0 Å². The SMILES string of the molecule is CC(C)CCC(N[C@H]1CCC[C@@H]2N(C1=O)[C@H](C(=O)O)C[S+]2[O-])C(=O)O. The van der Waals surface area contributed by atoms with Gasteiger partial charge in [-0.2, -0.15) is 0 Å². The predicted molar refractivity (Wildman–Crippen MR) is 91.3 cm³/mol. The molecule has 0 radical (unpaired) electrons. The molecule has 25 heavy (non-hydrogen) atoms. The number of aliphatic carboxylic acids is 2. The summed E-state index contributed by atoms with van der Waals surface area (Å²) >= 11 is -1.39. The Bertz CT molecular complexity index is 529. The monoisotopic (exact) mass is 374 g/mol. The Kier molecular flexibility index (Phi) is 6.70. The van der Waals surface area contributed by atoms with E-state index in [4.69, 9.17) is 0 Å². The molecular weight excluding hydrogens is 348 g/mol. The Hall–Kier alpha value is -1.32. The lowest BCUT2D eigenvalue weighted by Crippen LogP contribution is -2.55. The maximum Gasteiger partial charge on any atom is 0.331 e. The molecule has 8 nitrogen and oxygen atoms in total. The minimum atomic E-state index is -1.39. The van der Waals surface area contributed by atoms with Crippen molar-refractivity contribution >= 4 is 29.0 Å². The number of carboxylic acid groups (broad SMARTS) is 2. The van der Waals surface area contributed by atoms with Gasteiger partial charge in [-0.15, -0.1) is 0 Å². The molecular formula is C16H26N2O6S. The molecule has 0 aromatic rings. The zero-order valence-electron chi connectivity index (χ0n) is 14.5. The summed E-state index contributed by atoms with van der Waals surface area (Å²) in [5, 5.41) is 21.1. The molecule has 9 heteroatoms. The lowest BCUT2D eigenvalue weighted by atomic mass is 10.0. The molecule has 0 spiro atoms. The van der Waals surface area contributed by atoms with E-state index < -0.39 is 52.5 Å². The molecule has 0 aliphatic carbocycles. The van der Waals surface area contributed by atoms with Gasteiger partial charge in [0.2, 0.25) is 5.91 Å². The number of carbonyl (C=O) groups is 3. The Balaban J connectivity index is 2.14. The Morgan fingerprint density at radius 2 is 2.00 bits per heavy atom. The average Bonchev–Trinajstić information content (AvgIpc) is 2.76. The third kappa shape index (κ3) is 4.65. The van der Waals surface area contributed by atoms with Gasteiger partial charge in [-0.05, 0) is 42.8 Å². The van der Waals surface area contributed by atoms with Gasteiger partial charge in [-0.1, -0.05) is 13.8 Å². The summed E-state index contributed by atoms with van der Waals surface area (Å²) in [7, 11) is 0. The summed E-state index contributed by atoms with van der Waals surface area (Å²) in [6.07, 6.45) is 2.59. The number of rotatable bonds is 7. The molecule has 0 saturated carbocycles. The predicted octanol–water partition coefficient (Wildman–Crippen LogP) is 0.388. The number of hydrogen-bond acceptors (Lipinski definition) is 5. The number of hydrogen-bond donors (Lipinski definition) is 3. The van der Waals surface area contributed by atoms with Gasteiger partial charge in [0.25, 0.3) is 0 Å². The molecule has 1 amide bonds. The number of amides is 1. The fraction of sp³-hybridized carbons (Fsp3) is 0.812. The zero-order valence-corrected chi connectivity index (χ0v) is 15.3. The molecule has 142 valence electrons. The van der Waals surface area contributed by atoms with Gasteiger partial charge >= 0.3 is 11.9 Å². The molecule has 0 aromatic carbocycles. The van der Waals surface area contributed by atoms with E-state index in [1.165, 1.54) is 4.90 Å². The highest BCUT2D eigenvalue weighted by atomic mass is 32.2. The maximum absolute atomic E-state index is 12.9. The van der Waals surface area contributed by atoms with Crippen molar-refractivity contribution in [3.63, 3.8) is 0 Å². The molecule has 2 fully saturated rings. The Morgan fingerprint density at radius 1 is 1.32 bits per heavy atom. The van der Waals surface area contributed by atoms with Crippen LogP contribution in [0.5, 0.6) is 0 Å². The summed E-state index contributed by atoms with van der Waals surface area (Å²) < 4.78 is 12.2. The third-order valence-electron chi connectivity index (χ3n) is 4.79. The van der Waals surface area contributed by atoms with E-state index in [9.17, 15) is 29.1 Å². The molecule has 2 unspecified atom stereocenters. The van der Waals surface area contributed by atoms with Crippen molar-refractivity contribution in [3.05, 3.63) is 0 Å². The molecule has 0 bridgehead atoms. The van der Waals surface area contributed by atoms with Crippen LogP contribution in [0.1, 0.15) is 46.0 Å². The van der Waals surface area contributed by atoms with Crippen LogP contribution in [0.25, 0.3) is 0 Å². The number of carboxylic acids is 2. The number of carbonyl (C=O) groups excluding carboxylic acids is 1. The molecule has 0 aromatic heterocycles. The van der Waals surface area contributed by atoms with Gasteiger partial charge in [0, 0.05) is 6.42 Å². The molecule has 2 saturated heterocycles. The Labute approximate surface area is 150 Å². The number of fused-ring (bicyclic) bond motifs is 1. The van der Waals surface area contributed by atoms with E-state index in [2.05, 4.69) is 5.32 Å². The van der Waals surface area contributed by atoms with Gasteiger partial charge in [0.1, 0.15) is 11.8 Å². The van der Waals surface area contributed by atoms with Crippen molar-refractivity contribution in [2.45, 2.75) is 69.5 Å². The smallest absolute Gasteiger partial charge is 0.331 e. The van der Waals surface area contributed by atoms with Crippen LogP contribution in [-0.2, 0) is 25.6 Å². The van der Waals surface area contributed by atoms with Gasteiger partial charge in [-0.25, -0.2) is 4.79 Å². The zero-order chi connectivity index (χ0) is 18.7. The summed E-state index contributed by atoms with van der Waals surface area (Å²) in [5.74, 6) is -2.35. The first-order valence-corrected chi connectivity index (χ1v) is 10.0. The molecule has 5 atom stereocenters. The van der Waals surface area contributed by atoms with Crippen molar-refractivity contribution in [2.24, 2.45) is 5.92 Å². The molecule has 3 N–H and O–H groups in total. The highest BCUT2D eigenvalue weighted by Gasteiger charge is 2.52. The van der Waals surface area contributed by atoms with Crippen LogP contribution in [-0.4, -0.2) is 66.8 Å². The largest absolute Gasteiger partial charge is 0.615 e. The van der Waals surface area contributed by atoms with Crippen molar-refractivity contribution < 1.29 is 29.1 Å². The maximum atomic E-state index is 12.9. The van der Waals surface area contributed by atoms with Crippen molar-refractivity contribution in [1.82, 2.24) is 10.2 Å². The van der Waals surface area contributed by atoms with Crippen LogP contribution in [0.4, 0.5) is 0 Å². The second-order valence-corrected chi connectivity index (χ2v) is 8.75. The van der Waals surface area contributed by atoms with E-state index in [1.54, 1.807) is 0 Å². The summed E-state index contributed by atoms with van der Waals surface area (Å²) in [6, 6.07) is -2.71. The van der Waals surface area contributed by atoms with Gasteiger partial charge < -0.3 is 14.8 Å². The van der Waals surface area contributed by atoms with E-state index in [-0.39, 0.29) is 5.75 Å². The van der Waals surface area contributed by atoms with Gasteiger partial charge in [0.05, 0.1) is 6.04 Å². The van der Waals surface area contributed by atoms with Crippen LogP contribution < -0.4 is 5.32 Å². The fourth-order valence-corrected chi connectivity index (χ4v) is 5.18. The molecule has 2 heterocycles. The molecule has 2 rings (SSSR count). The number of nitrogens with one attached hydrogen (secondary N) is 1. The number of nitrogens with zero attached hydrogens (tertiary/aromatic N) is 1. The normalized spacial score (nSPS) is 30.9. The average molecular weight is 374 g/mol. The van der Waals surface area contributed by atoms with Crippen LogP contribution >= 0.6 is 0 Å².